The second-order valence-electron chi connectivity index (χ2n) is 5.75. The molecule has 0 aromatic heterocycles. The van der Waals surface area contributed by atoms with Crippen molar-refractivity contribution in [2.45, 2.75) is 37.5 Å². The zero-order valence-corrected chi connectivity index (χ0v) is 12.3. The molecule has 0 amide bonds. The Kier molecular flexibility index (Phi) is 6.04. The third kappa shape index (κ3) is 5.00. The van der Waals surface area contributed by atoms with Gasteiger partial charge in [0.1, 0.15) is 0 Å². The maximum absolute atomic E-state index is 5.73. The topological polar surface area (TPSA) is 43.0 Å². The standard InChI is InChI=1S/C14H28N2O3/c1-16(2)8-10-17-9-7-15-13-3-5-14(6-4-13)18-11-12-19-14/h13,15H,3-12H2,1-2H3. The fraction of sp³-hybridized carbons (Fsp3) is 1.00. The Bertz CT molecular complexity index is 245. The first-order valence-electron chi connectivity index (χ1n) is 7.44. The van der Waals surface area contributed by atoms with E-state index >= 15 is 0 Å². The SMILES string of the molecule is CN(C)CCOCCNC1CCC2(CC1)OCCO2. The quantitative estimate of drug-likeness (QED) is 0.696. The zero-order chi connectivity index (χ0) is 13.6. The van der Waals surface area contributed by atoms with Crippen LogP contribution in [0.4, 0.5) is 0 Å². The van der Waals surface area contributed by atoms with E-state index in [1.807, 2.05) is 0 Å². The van der Waals surface area contributed by atoms with Crippen LogP contribution < -0.4 is 5.32 Å². The average Bonchev–Trinajstić information content (AvgIpc) is 2.84. The largest absolute Gasteiger partial charge is 0.379 e. The summed E-state index contributed by atoms with van der Waals surface area (Å²) in [7, 11) is 4.12. The lowest BCUT2D eigenvalue weighted by atomic mass is 9.90. The Balaban J connectivity index is 1.49. The summed E-state index contributed by atoms with van der Waals surface area (Å²) in [5.41, 5.74) is 0. The van der Waals surface area contributed by atoms with Crippen LogP contribution in [0.1, 0.15) is 25.7 Å². The molecule has 2 aliphatic rings. The molecule has 1 N–H and O–H groups in total. The molecule has 1 heterocycles. The third-order valence-corrected chi connectivity index (χ3v) is 3.92. The van der Waals surface area contributed by atoms with E-state index < -0.39 is 0 Å². The number of hydrogen-bond donors (Lipinski definition) is 1. The minimum Gasteiger partial charge on any atom is -0.379 e. The van der Waals surface area contributed by atoms with Crippen LogP contribution in [0.3, 0.4) is 0 Å². The molecule has 2 fully saturated rings. The third-order valence-electron chi connectivity index (χ3n) is 3.92. The first-order valence-corrected chi connectivity index (χ1v) is 7.44. The fourth-order valence-corrected chi connectivity index (χ4v) is 2.73. The van der Waals surface area contributed by atoms with E-state index in [4.69, 9.17) is 14.2 Å². The van der Waals surface area contributed by atoms with E-state index in [0.717, 1.165) is 65.2 Å². The number of rotatable bonds is 7. The molecule has 1 saturated carbocycles. The van der Waals surface area contributed by atoms with E-state index in [1.165, 1.54) is 0 Å². The molecule has 1 spiro atoms. The van der Waals surface area contributed by atoms with Crippen molar-refractivity contribution < 1.29 is 14.2 Å². The fourth-order valence-electron chi connectivity index (χ4n) is 2.73. The molecule has 0 aromatic carbocycles. The lowest BCUT2D eigenvalue weighted by molar-refractivity contribution is -0.179. The second-order valence-corrected chi connectivity index (χ2v) is 5.75. The van der Waals surface area contributed by atoms with Gasteiger partial charge in [-0.1, -0.05) is 0 Å². The van der Waals surface area contributed by atoms with Gasteiger partial charge in [0.25, 0.3) is 0 Å². The summed E-state index contributed by atoms with van der Waals surface area (Å²) in [4.78, 5) is 2.13. The summed E-state index contributed by atoms with van der Waals surface area (Å²) in [5.74, 6) is -0.236. The molecular formula is C14H28N2O3. The van der Waals surface area contributed by atoms with Gasteiger partial charge < -0.3 is 24.4 Å². The number of ether oxygens (including phenoxy) is 3. The van der Waals surface area contributed by atoms with Crippen LogP contribution in [-0.2, 0) is 14.2 Å². The summed E-state index contributed by atoms with van der Waals surface area (Å²) < 4.78 is 17.0. The van der Waals surface area contributed by atoms with Crippen molar-refractivity contribution in [2.24, 2.45) is 0 Å². The predicted molar refractivity (Wildman–Crippen MR) is 74.3 cm³/mol. The van der Waals surface area contributed by atoms with Crippen molar-refractivity contribution in [1.29, 1.82) is 0 Å². The smallest absolute Gasteiger partial charge is 0.168 e. The molecule has 0 aromatic rings. The summed E-state index contributed by atoms with van der Waals surface area (Å²) in [6, 6.07) is 0.593. The molecule has 0 unspecified atom stereocenters. The summed E-state index contributed by atoms with van der Waals surface area (Å²) in [6.07, 6.45) is 4.31. The molecular weight excluding hydrogens is 244 g/mol. The highest BCUT2D eigenvalue weighted by Gasteiger charge is 2.39. The van der Waals surface area contributed by atoms with Gasteiger partial charge in [-0.2, -0.15) is 0 Å². The second kappa shape index (κ2) is 7.55. The van der Waals surface area contributed by atoms with Crippen LogP contribution in [0.25, 0.3) is 0 Å². The van der Waals surface area contributed by atoms with Crippen molar-refractivity contribution in [3.05, 3.63) is 0 Å². The molecule has 19 heavy (non-hydrogen) atoms. The monoisotopic (exact) mass is 272 g/mol. The van der Waals surface area contributed by atoms with Crippen LogP contribution in [0.5, 0.6) is 0 Å². The molecule has 5 heteroatoms. The number of nitrogens with zero attached hydrogens (tertiary/aromatic N) is 1. The van der Waals surface area contributed by atoms with Crippen molar-refractivity contribution in [1.82, 2.24) is 10.2 Å². The molecule has 0 radical (unpaired) electrons. The highest BCUT2D eigenvalue weighted by molar-refractivity contribution is 4.85. The van der Waals surface area contributed by atoms with Gasteiger partial charge in [0.05, 0.1) is 26.4 Å². The van der Waals surface area contributed by atoms with Gasteiger partial charge in [0.15, 0.2) is 5.79 Å². The van der Waals surface area contributed by atoms with Crippen molar-refractivity contribution in [2.75, 3.05) is 53.6 Å². The maximum atomic E-state index is 5.73. The maximum Gasteiger partial charge on any atom is 0.168 e. The Morgan fingerprint density at radius 2 is 1.84 bits per heavy atom. The summed E-state index contributed by atoms with van der Waals surface area (Å²) in [5, 5.41) is 3.57. The Labute approximate surface area is 116 Å². The molecule has 1 aliphatic heterocycles. The van der Waals surface area contributed by atoms with Crippen LogP contribution in [-0.4, -0.2) is 70.3 Å². The molecule has 5 nitrogen and oxygen atoms in total. The minimum atomic E-state index is -0.236. The van der Waals surface area contributed by atoms with E-state index in [0.29, 0.717) is 6.04 Å². The van der Waals surface area contributed by atoms with Crippen LogP contribution in [0, 0.1) is 0 Å². The Morgan fingerprint density at radius 3 is 2.47 bits per heavy atom. The Morgan fingerprint density at radius 1 is 1.16 bits per heavy atom. The number of nitrogens with one attached hydrogen (secondary N) is 1. The molecule has 1 aliphatic carbocycles. The Hall–Kier alpha value is -0.200. The van der Waals surface area contributed by atoms with Crippen LogP contribution in [0.2, 0.25) is 0 Å². The van der Waals surface area contributed by atoms with E-state index in [9.17, 15) is 0 Å². The van der Waals surface area contributed by atoms with Crippen LogP contribution in [0.15, 0.2) is 0 Å². The lowest BCUT2D eigenvalue weighted by Crippen LogP contribution is -2.42. The molecule has 112 valence electrons. The van der Waals surface area contributed by atoms with Crippen molar-refractivity contribution >= 4 is 0 Å². The average molecular weight is 272 g/mol. The van der Waals surface area contributed by atoms with Crippen molar-refractivity contribution in [3.63, 3.8) is 0 Å². The summed E-state index contributed by atoms with van der Waals surface area (Å²) in [6.45, 7) is 5.05. The summed E-state index contributed by atoms with van der Waals surface area (Å²) >= 11 is 0. The first kappa shape index (κ1) is 15.2. The van der Waals surface area contributed by atoms with Gasteiger partial charge in [0.2, 0.25) is 0 Å². The normalized spacial score (nSPS) is 23.5. The van der Waals surface area contributed by atoms with Gasteiger partial charge >= 0.3 is 0 Å². The minimum absolute atomic E-state index is 0.236. The van der Waals surface area contributed by atoms with Gasteiger partial charge in [0, 0.05) is 32.0 Å². The highest BCUT2D eigenvalue weighted by Crippen LogP contribution is 2.35. The predicted octanol–water partition coefficient (Wildman–Crippen LogP) is 0.840. The first-order chi connectivity index (χ1) is 9.20. The van der Waals surface area contributed by atoms with Crippen LogP contribution >= 0.6 is 0 Å². The number of likely N-dealkylation sites (N-methyl/N-ethyl adjacent to an activating group) is 1. The molecule has 2 rings (SSSR count). The van der Waals surface area contributed by atoms with E-state index in [-0.39, 0.29) is 5.79 Å². The highest BCUT2D eigenvalue weighted by atomic mass is 16.7. The molecule has 1 saturated heterocycles. The lowest BCUT2D eigenvalue weighted by Gasteiger charge is -2.35. The van der Waals surface area contributed by atoms with Crippen molar-refractivity contribution in [3.8, 4) is 0 Å². The van der Waals surface area contributed by atoms with E-state index in [2.05, 4.69) is 24.3 Å². The zero-order valence-electron chi connectivity index (χ0n) is 12.3. The molecule has 0 bridgehead atoms. The van der Waals surface area contributed by atoms with Gasteiger partial charge in [-0.3, -0.25) is 0 Å². The molecule has 0 atom stereocenters. The number of hydrogen-bond acceptors (Lipinski definition) is 5. The van der Waals surface area contributed by atoms with E-state index in [1.54, 1.807) is 0 Å². The van der Waals surface area contributed by atoms with Gasteiger partial charge in [-0.15, -0.1) is 0 Å². The van der Waals surface area contributed by atoms with Gasteiger partial charge in [-0.05, 0) is 26.9 Å². The van der Waals surface area contributed by atoms with Gasteiger partial charge in [-0.25, -0.2) is 0 Å².